The Morgan fingerprint density at radius 3 is 2.93 bits per heavy atom. The lowest BCUT2D eigenvalue weighted by Gasteiger charge is -2.35. The number of fused-ring (bicyclic) bond motifs is 1. The largest absolute Gasteiger partial charge is 0.493 e. The van der Waals surface area contributed by atoms with Crippen LogP contribution in [0.3, 0.4) is 0 Å². The third kappa shape index (κ3) is 1.49. The molecule has 0 radical (unpaired) electrons. The van der Waals surface area contributed by atoms with Gasteiger partial charge in [0.2, 0.25) is 0 Å². The molecule has 1 aliphatic rings. The van der Waals surface area contributed by atoms with Gasteiger partial charge in [-0.25, -0.2) is 0 Å². The van der Waals surface area contributed by atoms with Crippen LogP contribution in [-0.2, 0) is 6.42 Å². The number of hydrogen-bond donors (Lipinski definition) is 2. The number of rotatable bonds is 2. The molecule has 2 rings (SSSR count). The van der Waals surface area contributed by atoms with Crippen molar-refractivity contribution >= 4 is 0 Å². The minimum Gasteiger partial charge on any atom is -0.493 e. The molecular formula is C11H15NO2. The summed E-state index contributed by atoms with van der Waals surface area (Å²) in [6.45, 7) is 1.05. The first-order chi connectivity index (χ1) is 6.79. The number of para-hydroxylation sites is 1. The maximum Gasteiger partial charge on any atom is 0.122 e. The first kappa shape index (κ1) is 9.49. The number of ether oxygens (including phenoxy) is 1. The van der Waals surface area contributed by atoms with Crippen molar-refractivity contribution in [1.29, 1.82) is 0 Å². The maximum atomic E-state index is 9.31. The van der Waals surface area contributed by atoms with Gasteiger partial charge in [0, 0.05) is 12.0 Å². The number of hydrogen-bond acceptors (Lipinski definition) is 3. The minimum absolute atomic E-state index is 0.0812. The van der Waals surface area contributed by atoms with Crippen LogP contribution >= 0.6 is 0 Å². The van der Waals surface area contributed by atoms with Crippen LogP contribution in [-0.4, -0.2) is 24.9 Å². The van der Waals surface area contributed by atoms with E-state index in [9.17, 15) is 5.11 Å². The smallest absolute Gasteiger partial charge is 0.122 e. The van der Waals surface area contributed by atoms with Crippen molar-refractivity contribution in [2.24, 2.45) is 11.1 Å². The van der Waals surface area contributed by atoms with Crippen LogP contribution < -0.4 is 10.5 Å². The van der Waals surface area contributed by atoms with Gasteiger partial charge in [-0.1, -0.05) is 18.2 Å². The fraction of sp³-hybridized carbons (Fsp3) is 0.455. The Kier molecular flexibility index (Phi) is 2.44. The third-order valence-corrected chi connectivity index (χ3v) is 2.84. The summed E-state index contributed by atoms with van der Waals surface area (Å²) in [5.41, 5.74) is 6.52. The van der Waals surface area contributed by atoms with Crippen molar-refractivity contribution in [1.82, 2.24) is 0 Å². The zero-order chi connectivity index (χ0) is 10.0. The van der Waals surface area contributed by atoms with Gasteiger partial charge in [-0.3, -0.25) is 0 Å². The van der Waals surface area contributed by atoms with Gasteiger partial charge in [-0.15, -0.1) is 0 Å². The van der Waals surface area contributed by atoms with E-state index in [1.807, 2.05) is 24.3 Å². The standard InChI is InChI=1S/C11H15NO2/c12-6-11(7-13)5-9-3-1-2-4-10(9)14-8-11/h1-4,13H,5-8,12H2. The monoisotopic (exact) mass is 193 g/mol. The molecule has 14 heavy (non-hydrogen) atoms. The Labute approximate surface area is 83.5 Å². The van der Waals surface area contributed by atoms with E-state index in [1.165, 1.54) is 0 Å². The number of benzene rings is 1. The molecule has 0 amide bonds. The summed E-state index contributed by atoms with van der Waals surface area (Å²) in [6.07, 6.45) is 0.802. The summed E-state index contributed by atoms with van der Waals surface area (Å²) in [6, 6.07) is 7.90. The topological polar surface area (TPSA) is 55.5 Å². The van der Waals surface area contributed by atoms with Crippen molar-refractivity contribution < 1.29 is 9.84 Å². The Hall–Kier alpha value is -1.06. The molecule has 0 saturated heterocycles. The Morgan fingerprint density at radius 2 is 2.21 bits per heavy atom. The quantitative estimate of drug-likeness (QED) is 0.721. The molecule has 1 aliphatic heterocycles. The van der Waals surface area contributed by atoms with Crippen LogP contribution in [0, 0.1) is 5.41 Å². The van der Waals surface area contributed by atoms with E-state index in [0.717, 1.165) is 17.7 Å². The minimum atomic E-state index is -0.283. The van der Waals surface area contributed by atoms with E-state index in [1.54, 1.807) is 0 Å². The average molecular weight is 193 g/mol. The van der Waals surface area contributed by atoms with E-state index >= 15 is 0 Å². The highest BCUT2D eigenvalue weighted by molar-refractivity contribution is 5.36. The van der Waals surface area contributed by atoms with Crippen LogP contribution in [0.15, 0.2) is 24.3 Å². The van der Waals surface area contributed by atoms with Gasteiger partial charge in [0.05, 0.1) is 13.2 Å². The SMILES string of the molecule is NCC1(CO)COc2ccccc2C1. The van der Waals surface area contributed by atoms with Crippen LogP contribution in [0.25, 0.3) is 0 Å². The van der Waals surface area contributed by atoms with E-state index in [-0.39, 0.29) is 12.0 Å². The molecule has 0 spiro atoms. The lowest BCUT2D eigenvalue weighted by Crippen LogP contribution is -2.44. The molecule has 1 aromatic carbocycles. The van der Waals surface area contributed by atoms with Crippen LogP contribution in [0.2, 0.25) is 0 Å². The summed E-state index contributed by atoms with van der Waals surface area (Å²) in [4.78, 5) is 0. The zero-order valence-corrected chi connectivity index (χ0v) is 8.07. The zero-order valence-electron chi connectivity index (χ0n) is 8.07. The molecule has 1 atom stereocenters. The summed E-state index contributed by atoms with van der Waals surface area (Å²) in [5.74, 6) is 0.921. The van der Waals surface area contributed by atoms with Crippen molar-refractivity contribution in [2.75, 3.05) is 19.8 Å². The molecule has 1 heterocycles. The first-order valence-electron chi connectivity index (χ1n) is 4.81. The number of aliphatic hydroxyl groups is 1. The van der Waals surface area contributed by atoms with E-state index in [2.05, 4.69) is 0 Å². The van der Waals surface area contributed by atoms with Crippen LogP contribution in [0.5, 0.6) is 5.75 Å². The summed E-state index contributed by atoms with van der Waals surface area (Å²) < 4.78 is 5.58. The highest BCUT2D eigenvalue weighted by atomic mass is 16.5. The molecule has 3 nitrogen and oxygen atoms in total. The average Bonchev–Trinajstić information content (AvgIpc) is 2.28. The maximum absolute atomic E-state index is 9.31. The first-order valence-corrected chi connectivity index (χ1v) is 4.81. The molecular weight excluding hydrogens is 178 g/mol. The molecule has 3 heteroatoms. The Morgan fingerprint density at radius 1 is 1.43 bits per heavy atom. The van der Waals surface area contributed by atoms with Gasteiger partial charge in [-0.05, 0) is 18.1 Å². The van der Waals surface area contributed by atoms with Crippen LogP contribution in [0.1, 0.15) is 5.56 Å². The highest BCUT2D eigenvalue weighted by Crippen LogP contribution is 2.33. The lowest BCUT2D eigenvalue weighted by molar-refractivity contribution is 0.0584. The van der Waals surface area contributed by atoms with Crippen molar-refractivity contribution in [3.05, 3.63) is 29.8 Å². The molecule has 3 N–H and O–H groups in total. The van der Waals surface area contributed by atoms with Gasteiger partial charge in [0.25, 0.3) is 0 Å². The Bertz CT molecular complexity index is 321. The number of aliphatic hydroxyl groups excluding tert-OH is 1. The van der Waals surface area contributed by atoms with Crippen molar-refractivity contribution in [3.8, 4) is 5.75 Å². The van der Waals surface area contributed by atoms with Crippen LogP contribution in [0.4, 0.5) is 0 Å². The second-order valence-corrected chi connectivity index (χ2v) is 3.94. The fourth-order valence-electron chi connectivity index (χ4n) is 1.77. The molecule has 0 aliphatic carbocycles. The molecule has 0 aromatic heterocycles. The third-order valence-electron chi connectivity index (χ3n) is 2.84. The molecule has 76 valence electrons. The molecule has 1 aromatic rings. The fourth-order valence-corrected chi connectivity index (χ4v) is 1.77. The summed E-state index contributed by atoms with van der Waals surface area (Å²) >= 11 is 0. The molecule has 0 bridgehead atoms. The second-order valence-electron chi connectivity index (χ2n) is 3.94. The molecule has 0 fully saturated rings. The van der Waals surface area contributed by atoms with E-state index in [0.29, 0.717) is 13.2 Å². The van der Waals surface area contributed by atoms with Gasteiger partial charge in [0.15, 0.2) is 0 Å². The molecule has 0 saturated carbocycles. The van der Waals surface area contributed by atoms with Gasteiger partial charge >= 0.3 is 0 Å². The van der Waals surface area contributed by atoms with Crippen molar-refractivity contribution in [2.45, 2.75) is 6.42 Å². The Balaban J connectivity index is 2.28. The van der Waals surface area contributed by atoms with E-state index < -0.39 is 0 Å². The highest BCUT2D eigenvalue weighted by Gasteiger charge is 2.33. The van der Waals surface area contributed by atoms with Gasteiger partial charge < -0.3 is 15.6 Å². The second kappa shape index (κ2) is 3.59. The predicted molar refractivity (Wildman–Crippen MR) is 54.2 cm³/mol. The summed E-state index contributed by atoms with van der Waals surface area (Å²) in [5, 5.41) is 9.31. The normalized spacial score (nSPS) is 25.3. The lowest BCUT2D eigenvalue weighted by atomic mass is 9.81. The van der Waals surface area contributed by atoms with E-state index in [4.69, 9.17) is 10.5 Å². The summed E-state index contributed by atoms with van der Waals surface area (Å²) in [7, 11) is 0. The number of nitrogens with two attached hydrogens (primary N) is 1. The van der Waals surface area contributed by atoms with Gasteiger partial charge in [-0.2, -0.15) is 0 Å². The predicted octanol–water partition coefficient (Wildman–Crippen LogP) is 0.559. The van der Waals surface area contributed by atoms with Gasteiger partial charge in [0.1, 0.15) is 5.75 Å². The molecule has 1 unspecified atom stereocenters. The van der Waals surface area contributed by atoms with Crippen molar-refractivity contribution in [3.63, 3.8) is 0 Å².